The molecule has 1 fully saturated rings. The smallest absolute Gasteiger partial charge is 0.224 e. The van der Waals surface area contributed by atoms with Gasteiger partial charge in [-0.1, -0.05) is 25.0 Å². The Morgan fingerprint density at radius 1 is 1.12 bits per heavy atom. The van der Waals surface area contributed by atoms with E-state index in [2.05, 4.69) is 29.3 Å². The SMILES string of the molecule is CC(c1ccc(NC(=O)CCCCCCN)cc1)N1CCOCC1.Cl.Cl. The number of hydrogen-bond donors (Lipinski definition) is 2. The Morgan fingerprint density at radius 2 is 1.73 bits per heavy atom. The fraction of sp³-hybridized carbons (Fsp3) is 0.632. The lowest BCUT2D eigenvalue weighted by molar-refractivity contribution is -0.116. The van der Waals surface area contributed by atoms with Crippen molar-refractivity contribution in [3.63, 3.8) is 0 Å². The molecule has 0 bridgehead atoms. The number of halogens is 2. The molecule has 5 nitrogen and oxygen atoms in total. The van der Waals surface area contributed by atoms with Crippen molar-refractivity contribution in [3.8, 4) is 0 Å². The number of unbranched alkanes of at least 4 members (excludes halogenated alkanes) is 3. The van der Waals surface area contributed by atoms with Gasteiger partial charge in [-0.2, -0.15) is 0 Å². The molecule has 0 saturated carbocycles. The molecular weight excluding hydrogens is 373 g/mol. The molecule has 0 radical (unpaired) electrons. The summed E-state index contributed by atoms with van der Waals surface area (Å²) >= 11 is 0. The number of rotatable bonds is 9. The van der Waals surface area contributed by atoms with Crippen molar-refractivity contribution in [3.05, 3.63) is 29.8 Å². The number of carbonyl (C=O) groups is 1. The van der Waals surface area contributed by atoms with Crippen molar-refractivity contribution in [2.75, 3.05) is 38.2 Å². The minimum Gasteiger partial charge on any atom is -0.379 e. The van der Waals surface area contributed by atoms with Gasteiger partial charge in [0.25, 0.3) is 0 Å². The van der Waals surface area contributed by atoms with E-state index in [1.54, 1.807) is 0 Å². The molecule has 1 saturated heterocycles. The Bertz CT molecular complexity index is 494. The molecular formula is C19H33Cl2N3O2. The second-order valence-corrected chi connectivity index (χ2v) is 6.45. The average molecular weight is 406 g/mol. The highest BCUT2D eigenvalue weighted by atomic mass is 35.5. The maximum Gasteiger partial charge on any atom is 0.224 e. The Balaban J connectivity index is 0.00000312. The monoisotopic (exact) mass is 405 g/mol. The van der Waals surface area contributed by atoms with E-state index < -0.39 is 0 Å². The lowest BCUT2D eigenvalue weighted by atomic mass is 10.1. The van der Waals surface area contributed by atoms with Crippen LogP contribution in [0.15, 0.2) is 24.3 Å². The van der Waals surface area contributed by atoms with Crippen molar-refractivity contribution in [2.45, 2.75) is 45.1 Å². The van der Waals surface area contributed by atoms with Gasteiger partial charge < -0.3 is 15.8 Å². The van der Waals surface area contributed by atoms with Gasteiger partial charge in [-0.25, -0.2) is 0 Å². The van der Waals surface area contributed by atoms with Crippen molar-refractivity contribution >= 4 is 36.4 Å². The van der Waals surface area contributed by atoms with Crippen LogP contribution < -0.4 is 11.1 Å². The lowest BCUT2D eigenvalue weighted by Crippen LogP contribution is -2.37. The largest absolute Gasteiger partial charge is 0.379 e. The summed E-state index contributed by atoms with van der Waals surface area (Å²) in [5, 5.41) is 2.98. The molecule has 1 heterocycles. The summed E-state index contributed by atoms with van der Waals surface area (Å²) in [6.45, 7) is 6.53. The summed E-state index contributed by atoms with van der Waals surface area (Å²) in [4.78, 5) is 14.4. The minimum absolute atomic E-state index is 0. The van der Waals surface area contributed by atoms with Crippen LogP contribution in [-0.2, 0) is 9.53 Å². The van der Waals surface area contributed by atoms with Crippen LogP contribution in [-0.4, -0.2) is 43.7 Å². The van der Waals surface area contributed by atoms with E-state index in [1.807, 2.05) is 12.1 Å². The predicted octanol–water partition coefficient (Wildman–Crippen LogP) is 3.77. The third-order valence-electron chi connectivity index (χ3n) is 4.63. The van der Waals surface area contributed by atoms with Crippen LogP contribution in [0.25, 0.3) is 0 Å². The molecule has 1 aliphatic heterocycles. The first kappa shape index (κ1) is 25.1. The minimum atomic E-state index is 0. The summed E-state index contributed by atoms with van der Waals surface area (Å²) < 4.78 is 5.41. The first-order valence-corrected chi connectivity index (χ1v) is 9.12. The number of amides is 1. The number of hydrogen-bond acceptors (Lipinski definition) is 4. The highest BCUT2D eigenvalue weighted by molar-refractivity contribution is 5.90. The number of ether oxygens (including phenoxy) is 1. The Kier molecular flexibility index (Phi) is 13.8. The van der Waals surface area contributed by atoms with Crippen molar-refractivity contribution in [1.29, 1.82) is 0 Å². The molecule has 3 N–H and O–H groups in total. The Hall–Kier alpha value is -0.850. The van der Waals surface area contributed by atoms with E-state index in [0.717, 1.165) is 64.2 Å². The molecule has 7 heteroatoms. The van der Waals surface area contributed by atoms with Gasteiger partial charge in [0, 0.05) is 31.2 Å². The number of anilines is 1. The van der Waals surface area contributed by atoms with Gasteiger partial charge in [-0.3, -0.25) is 9.69 Å². The highest BCUT2D eigenvalue weighted by Gasteiger charge is 2.18. The molecule has 0 aliphatic carbocycles. The zero-order valence-corrected chi connectivity index (χ0v) is 17.2. The van der Waals surface area contributed by atoms with Crippen LogP contribution in [0.2, 0.25) is 0 Å². The third kappa shape index (κ3) is 8.69. The van der Waals surface area contributed by atoms with Crippen molar-refractivity contribution < 1.29 is 9.53 Å². The van der Waals surface area contributed by atoms with Crippen LogP contribution in [0, 0.1) is 0 Å². The summed E-state index contributed by atoms with van der Waals surface area (Å²) in [6.07, 6.45) is 4.73. The van der Waals surface area contributed by atoms with E-state index in [4.69, 9.17) is 10.5 Å². The second-order valence-electron chi connectivity index (χ2n) is 6.45. The van der Waals surface area contributed by atoms with Crippen molar-refractivity contribution in [2.24, 2.45) is 5.73 Å². The molecule has 2 rings (SSSR count). The fourth-order valence-electron chi connectivity index (χ4n) is 3.03. The summed E-state index contributed by atoms with van der Waals surface area (Å²) in [5.74, 6) is 0.0942. The van der Waals surface area contributed by atoms with Gasteiger partial charge in [-0.15, -0.1) is 24.8 Å². The topological polar surface area (TPSA) is 67.6 Å². The van der Waals surface area contributed by atoms with Gasteiger partial charge in [0.05, 0.1) is 13.2 Å². The van der Waals surface area contributed by atoms with E-state index >= 15 is 0 Å². The molecule has 1 atom stereocenters. The number of nitrogens with two attached hydrogens (primary N) is 1. The molecule has 1 amide bonds. The first-order valence-electron chi connectivity index (χ1n) is 9.12. The normalized spacial score (nSPS) is 15.5. The first-order chi connectivity index (χ1) is 11.7. The summed E-state index contributed by atoms with van der Waals surface area (Å²) in [5.41, 5.74) is 7.61. The highest BCUT2D eigenvalue weighted by Crippen LogP contribution is 2.22. The van der Waals surface area contributed by atoms with Crippen LogP contribution in [0.4, 0.5) is 5.69 Å². The Labute approximate surface area is 169 Å². The maximum atomic E-state index is 12.0. The standard InChI is InChI=1S/C19H31N3O2.2ClH/c1-16(22-12-14-24-15-13-22)17-7-9-18(10-8-17)21-19(23)6-4-2-3-5-11-20;;/h7-10,16H,2-6,11-15,20H2,1H3,(H,21,23);2*1H. The molecule has 26 heavy (non-hydrogen) atoms. The zero-order chi connectivity index (χ0) is 17.2. The van der Waals surface area contributed by atoms with Gasteiger partial charge in [0.15, 0.2) is 0 Å². The number of morpholine rings is 1. The summed E-state index contributed by atoms with van der Waals surface area (Å²) in [6, 6.07) is 8.59. The fourth-order valence-corrected chi connectivity index (χ4v) is 3.03. The third-order valence-corrected chi connectivity index (χ3v) is 4.63. The van der Waals surface area contributed by atoms with E-state index in [1.165, 1.54) is 5.56 Å². The van der Waals surface area contributed by atoms with Gasteiger partial charge in [0.1, 0.15) is 0 Å². The molecule has 0 spiro atoms. The second kappa shape index (κ2) is 14.2. The van der Waals surface area contributed by atoms with Crippen LogP contribution in [0.5, 0.6) is 0 Å². The molecule has 1 unspecified atom stereocenters. The number of nitrogens with zero attached hydrogens (tertiary/aromatic N) is 1. The Morgan fingerprint density at radius 3 is 2.35 bits per heavy atom. The number of benzene rings is 1. The van der Waals surface area contributed by atoms with Crippen LogP contribution >= 0.6 is 24.8 Å². The predicted molar refractivity (Wildman–Crippen MR) is 113 cm³/mol. The molecule has 1 aliphatic rings. The molecule has 1 aromatic carbocycles. The zero-order valence-electron chi connectivity index (χ0n) is 15.6. The van der Waals surface area contributed by atoms with Crippen molar-refractivity contribution in [1.82, 2.24) is 4.90 Å². The van der Waals surface area contributed by atoms with Gasteiger partial charge in [0.2, 0.25) is 5.91 Å². The van der Waals surface area contributed by atoms with Crippen LogP contribution in [0.1, 0.15) is 50.6 Å². The van der Waals surface area contributed by atoms with E-state index in [-0.39, 0.29) is 30.7 Å². The number of carbonyl (C=O) groups excluding carboxylic acids is 1. The van der Waals surface area contributed by atoms with Gasteiger partial charge >= 0.3 is 0 Å². The maximum absolute atomic E-state index is 12.0. The van der Waals surface area contributed by atoms with Gasteiger partial charge in [-0.05, 0) is 44.0 Å². The van der Waals surface area contributed by atoms with E-state index in [9.17, 15) is 4.79 Å². The van der Waals surface area contributed by atoms with Crippen LogP contribution in [0.3, 0.4) is 0 Å². The number of nitrogens with one attached hydrogen (secondary N) is 1. The molecule has 0 aromatic heterocycles. The quantitative estimate of drug-likeness (QED) is 0.613. The molecule has 1 aromatic rings. The lowest BCUT2D eigenvalue weighted by Gasteiger charge is -2.32. The van der Waals surface area contributed by atoms with E-state index in [0.29, 0.717) is 12.5 Å². The molecule has 150 valence electrons. The summed E-state index contributed by atoms with van der Waals surface area (Å²) in [7, 11) is 0. The average Bonchev–Trinajstić information content (AvgIpc) is 2.62.